The van der Waals surface area contributed by atoms with Gasteiger partial charge in [-0.15, -0.1) is 0 Å². The molecular formula is C20H27N5O5S. The smallest absolute Gasteiger partial charge is 0.407 e. The highest BCUT2D eigenvalue weighted by Gasteiger charge is 2.31. The summed E-state index contributed by atoms with van der Waals surface area (Å²) >= 11 is 0.828. The monoisotopic (exact) mass is 449 g/mol. The molecule has 31 heavy (non-hydrogen) atoms. The van der Waals surface area contributed by atoms with Crippen LogP contribution in [0.5, 0.6) is 5.88 Å². The van der Waals surface area contributed by atoms with Crippen molar-refractivity contribution in [2.24, 2.45) is 5.92 Å². The number of nitrogens with one attached hydrogen (secondary N) is 1. The number of thioether (sulfide) groups is 1. The van der Waals surface area contributed by atoms with Crippen molar-refractivity contribution in [3.63, 3.8) is 0 Å². The summed E-state index contributed by atoms with van der Waals surface area (Å²) in [5, 5.41) is 11.3. The highest BCUT2D eigenvalue weighted by Crippen LogP contribution is 2.28. The van der Waals surface area contributed by atoms with Gasteiger partial charge in [0.15, 0.2) is 0 Å². The van der Waals surface area contributed by atoms with Gasteiger partial charge in [-0.25, -0.2) is 9.78 Å². The third-order valence-corrected chi connectivity index (χ3v) is 6.03. The molecule has 1 aromatic rings. The van der Waals surface area contributed by atoms with Crippen molar-refractivity contribution >= 4 is 41.0 Å². The molecule has 0 unspecified atom stereocenters. The largest absolute Gasteiger partial charge is 0.481 e. The Morgan fingerprint density at radius 2 is 2.03 bits per heavy atom. The number of methoxy groups -OCH3 is 1. The van der Waals surface area contributed by atoms with Crippen molar-refractivity contribution in [3.05, 3.63) is 16.7 Å². The van der Waals surface area contributed by atoms with E-state index in [2.05, 4.69) is 15.3 Å². The summed E-state index contributed by atoms with van der Waals surface area (Å²) < 4.78 is 5.28. The van der Waals surface area contributed by atoms with E-state index in [1.54, 1.807) is 12.1 Å². The Morgan fingerprint density at radius 1 is 1.35 bits per heavy atom. The van der Waals surface area contributed by atoms with Gasteiger partial charge in [0.2, 0.25) is 11.8 Å². The minimum atomic E-state index is -0.906. The molecule has 2 aliphatic rings. The van der Waals surface area contributed by atoms with Crippen LogP contribution >= 0.6 is 11.8 Å². The zero-order valence-corrected chi connectivity index (χ0v) is 18.9. The van der Waals surface area contributed by atoms with E-state index in [4.69, 9.17) is 4.74 Å². The SMILES string of the molecule is COc1cc(/C=C2\SC(=O)NC2=O)nc(N2CCC(CN(C(=O)O)C(C)(C)C)CC2)n1. The van der Waals surface area contributed by atoms with E-state index in [1.165, 1.54) is 12.0 Å². The molecule has 0 radical (unpaired) electrons. The van der Waals surface area contributed by atoms with Crippen LogP contribution in [0.25, 0.3) is 6.08 Å². The van der Waals surface area contributed by atoms with Crippen LogP contribution in [0, 0.1) is 5.92 Å². The summed E-state index contributed by atoms with van der Waals surface area (Å²) in [6.45, 7) is 7.54. The second-order valence-corrected chi connectivity index (χ2v) is 9.50. The van der Waals surface area contributed by atoms with E-state index < -0.39 is 22.8 Å². The van der Waals surface area contributed by atoms with Crippen LogP contribution in [0.4, 0.5) is 15.5 Å². The highest BCUT2D eigenvalue weighted by molar-refractivity contribution is 8.18. The van der Waals surface area contributed by atoms with Gasteiger partial charge in [-0.3, -0.25) is 14.9 Å². The lowest BCUT2D eigenvalue weighted by Crippen LogP contribution is -2.49. The lowest BCUT2D eigenvalue weighted by atomic mass is 9.94. The summed E-state index contributed by atoms with van der Waals surface area (Å²) in [4.78, 5) is 47.6. The molecule has 2 aliphatic heterocycles. The van der Waals surface area contributed by atoms with Crippen LogP contribution in [0.1, 0.15) is 39.3 Å². The number of hydrogen-bond donors (Lipinski definition) is 2. The molecule has 168 valence electrons. The fraction of sp³-hybridized carbons (Fsp3) is 0.550. The van der Waals surface area contributed by atoms with Gasteiger partial charge >= 0.3 is 6.09 Å². The minimum absolute atomic E-state index is 0.253. The summed E-state index contributed by atoms with van der Waals surface area (Å²) in [6.07, 6.45) is 2.25. The molecular weight excluding hydrogens is 422 g/mol. The Labute approximate surface area is 185 Å². The van der Waals surface area contributed by atoms with Gasteiger partial charge < -0.3 is 19.6 Å². The van der Waals surface area contributed by atoms with Crippen LogP contribution < -0.4 is 15.0 Å². The molecule has 3 rings (SSSR count). The van der Waals surface area contributed by atoms with Crippen LogP contribution in [-0.2, 0) is 4.79 Å². The Hall–Kier alpha value is -2.82. The average Bonchev–Trinajstić information content (AvgIpc) is 3.01. The van der Waals surface area contributed by atoms with Gasteiger partial charge in [-0.2, -0.15) is 4.98 Å². The Bertz CT molecular complexity index is 906. The summed E-state index contributed by atoms with van der Waals surface area (Å²) in [5.74, 6) is 0.643. The van der Waals surface area contributed by atoms with Crippen LogP contribution in [0.3, 0.4) is 0 Å². The number of piperidine rings is 1. The van der Waals surface area contributed by atoms with E-state index in [-0.39, 0.29) is 10.8 Å². The molecule has 11 heteroatoms. The third kappa shape index (κ3) is 5.66. The Morgan fingerprint density at radius 3 is 2.55 bits per heavy atom. The zero-order valence-electron chi connectivity index (χ0n) is 18.0. The predicted octanol–water partition coefficient (Wildman–Crippen LogP) is 2.80. The van der Waals surface area contributed by atoms with Gasteiger partial charge in [-0.05, 0) is 57.4 Å². The quantitative estimate of drug-likeness (QED) is 0.653. The number of nitrogens with zero attached hydrogens (tertiary/aromatic N) is 4. The molecule has 0 aromatic carbocycles. The molecule has 3 heterocycles. The van der Waals surface area contributed by atoms with Crippen molar-refractivity contribution in [2.75, 3.05) is 31.6 Å². The summed E-state index contributed by atoms with van der Waals surface area (Å²) in [7, 11) is 1.50. The maximum Gasteiger partial charge on any atom is 0.407 e. The fourth-order valence-electron chi connectivity index (χ4n) is 3.52. The van der Waals surface area contributed by atoms with Gasteiger partial charge in [0.25, 0.3) is 11.1 Å². The number of carbonyl (C=O) groups excluding carboxylic acids is 2. The van der Waals surface area contributed by atoms with Gasteiger partial charge in [0, 0.05) is 31.2 Å². The van der Waals surface area contributed by atoms with Crippen LogP contribution in [-0.4, -0.2) is 69.5 Å². The molecule has 3 amide bonds. The minimum Gasteiger partial charge on any atom is -0.481 e. The molecule has 0 bridgehead atoms. The maximum absolute atomic E-state index is 11.8. The van der Waals surface area contributed by atoms with E-state index >= 15 is 0 Å². The topological polar surface area (TPSA) is 125 Å². The highest BCUT2D eigenvalue weighted by atomic mass is 32.2. The first-order valence-corrected chi connectivity index (χ1v) is 10.8. The van der Waals surface area contributed by atoms with Gasteiger partial charge in [0.05, 0.1) is 17.7 Å². The molecule has 0 saturated carbocycles. The molecule has 0 atom stereocenters. The Kier molecular flexibility index (Phi) is 6.73. The normalized spacial score (nSPS) is 19.0. The van der Waals surface area contributed by atoms with Gasteiger partial charge in [-0.1, -0.05) is 0 Å². The first-order chi connectivity index (χ1) is 14.6. The number of hydrogen-bond acceptors (Lipinski definition) is 8. The molecule has 10 nitrogen and oxygen atoms in total. The average molecular weight is 450 g/mol. The molecule has 0 aliphatic carbocycles. The first-order valence-electron chi connectivity index (χ1n) is 10.00. The molecule has 0 spiro atoms. The summed E-state index contributed by atoms with van der Waals surface area (Å²) in [5.41, 5.74) is 0.0221. The van der Waals surface area contributed by atoms with E-state index in [0.717, 1.165) is 24.6 Å². The number of aromatic nitrogens is 2. The maximum atomic E-state index is 11.8. The first kappa shape index (κ1) is 22.9. The molecule has 2 fully saturated rings. The van der Waals surface area contributed by atoms with Crippen molar-refractivity contribution in [3.8, 4) is 5.88 Å². The van der Waals surface area contributed by atoms with Crippen LogP contribution in [0.15, 0.2) is 11.0 Å². The number of carbonyl (C=O) groups is 3. The third-order valence-electron chi connectivity index (χ3n) is 5.22. The second kappa shape index (κ2) is 9.13. The molecule has 1 aromatic heterocycles. The fourth-order valence-corrected chi connectivity index (χ4v) is 4.18. The lowest BCUT2D eigenvalue weighted by molar-refractivity contribution is -0.115. The van der Waals surface area contributed by atoms with Crippen molar-refractivity contribution in [2.45, 2.75) is 39.2 Å². The number of amides is 3. The second-order valence-electron chi connectivity index (χ2n) is 8.48. The molecule has 2 saturated heterocycles. The van der Waals surface area contributed by atoms with Gasteiger partial charge in [0.1, 0.15) is 0 Å². The van der Waals surface area contributed by atoms with E-state index in [9.17, 15) is 19.5 Å². The molecule has 2 N–H and O–H groups in total. The van der Waals surface area contributed by atoms with E-state index in [0.29, 0.717) is 37.2 Å². The van der Waals surface area contributed by atoms with Crippen molar-refractivity contribution in [1.29, 1.82) is 0 Å². The number of carboxylic acid groups (broad SMARTS) is 1. The number of rotatable bonds is 5. The Balaban J connectivity index is 1.71. The number of anilines is 1. The van der Waals surface area contributed by atoms with Crippen molar-refractivity contribution in [1.82, 2.24) is 20.2 Å². The predicted molar refractivity (Wildman–Crippen MR) is 117 cm³/mol. The van der Waals surface area contributed by atoms with E-state index in [1.807, 2.05) is 25.7 Å². The number of ether oxygens (including phenoxy) is 1. The van der Waals surface area contributed by atoms with Crippen molar-refractivity contribution < 1.29 is 24.2 Å². The summed E-state index contributed by atoms with van der Waals surface area (Å²) in [6, 6.07) is 1.61. The number of imide groups is 1. The van der Waals surface area contributed by atoms with Crippen LogP contribution in [0.2, 0.25) is 0 Å². The standard InChI is InChI=1S/C20H27N5O5S/c1-20(2,3)25(19(28)29)11-12-5-7-24(8-6-12)17-21-13(10-15(22-17)30-4)9-14-16(26)23-18(27)31-14/h9-10,12H,5-8,11H2,1-4H3,(H,28,29)(H,23,26,27)/b14-9-. The lowest BCUT2D eigenvalue weighted by Gasteiger charge is -2.39. The zero-order chi connectivity index (χ0) is 22.8.